The van der Waals surface area contributed by atoms with Gasteiger partial charge in [-0.25, -0.2) is 9.97 Å². The Bertz CT molecular complexity index is 462. The van der Waals surface area contributed by atoms with Gasteiger partial charge in [0.15, 0.2) is 6.10 Å². The Morgan fingerprint density at radius 1 is 1.37 bits per heavy atom. The van der Waals surface area contributed by atoms with Crippen LogP contribution in [0.4, 0.5) is 19.0 Å². The molecule has 1 atom stereocenters. The highest BCUT2D eigenvalue weighted by Crippen LogP contribution is 2.33. The molecular weight excluding hydrogens is 259 g/mol. The van der Waals surface area contributed by atoms with Crippen LogP contribution in [0.1, 0.15) is 19.5 Å². The Hall–Kier alpha value is -1.37. The lowest BCUT2D eigenvalue weighted by Crippen LogP contribution is -2.57. The average molecular weight is 275 g/mol. The van der Waals surface area contributed by atoms with Gasteiger partial charge in [-0.2, -0.15) is 13.2 Å². The smallest absolute Gasteiger partial charge is 0.359 e. The number of aromatic nitrogens is 2. The summed E-state index contributed by atoms with van der Waals surface area (Å²) in [6.45, 7) is 5.18. The van der Waals surface area contributed by atoms with Gasteiger partial charge in [0.2, 0.25) is 0 Å². The molecule has 4 nitrogen and oxygen atoms in total. The van der Waals surface area contributed by atoms with Crippen LogP contribution in [-0.4, -0.2) is 40.9 Å². The van der Waals surface area contributed by atoms with Gasteiger partial charge in [0.1, 0.15) is 12.1 Å². The fraction of sp³-hybridized carbons (Fsp3) is 0.667. The summed E-state index contributed by atoms with van der Waals surface area (Å²) < 4.78 is 43.7. The molecule has 1 aliphatic rings. The van der Waals surface area contributed by atoms with Gasteiger partial charge in [-0.15, -0.1) is 0 Å². The lowest BCUT2D eigenvalue weighted by atomic mass is 10.0. The summed E-state index contributed by atoms with van der Waals surface area (Å²) in [5, 5.41) is 0. The van der Waals surface area contributed by atoms with Crippen LogP contribution in [0.5, 0.6) is 0 Å². The molecule has 19 heavy (non-hydrogen) atoms. The second-order valence-electron chi connectivity index (χ2n) is 5.31. The maximum atomic E-state index is 12.9. The second-order valence-corrected chi connectivity index (χ2v) is 5.31. The molecule has 1 aromatic rings. The maximum Gasteiger partial charge on any atom is 0.416 e. The Balaban J connectivity index is 2.26. The molecule has 7 heteroatoms. The third-order valence-electron chi connectivity index (χ3n) is 2.90. The van der Waals surface area contributed by atoms with E-state index in [0.717, 1.165) is 5.69 Å². The highest BCUT2D eigenvalue weighted by molar-refractivity contribution is 5.40. The molecule has 106 valence electrons. The van der Waals surface area contributed by atoms with E-state index in [1.54, 1.807) is 31.7 Å². The van der Waals surface area contributed by atoms with E-state index in [9.17, 15) is 13.2 Å². The molecule has 1 unspecified atom stereocenters. The van der Waals surface area contributed by atoms with Crippen molar-refractivity contribution in [1.82, 2.24) is 9.97 Å². The van der Waals surface area contributed by atoms with E-state index in [-0.39, 0.29) is 6.54 Å². The van der Waals surface area contributed by atoms with Gasteiger partial charge in [0.25, 0.3) is 0 Å². The Morgan fingerprint density at radius 3 is 2.63 bits per heavy atom. The van der Waals surface area contributed by atoms with Crippen molar-refractivity contribution in [3.8, 4) is 0 Å². The summed E-state index contributed by atoms with van der Waals surface area (Å²) in [4.78, 5) is 9.58. The predicted octanol–water partition coefficient (Wildman–Crippen LogP) is 2.33. The Labute approximate surface area is 109 Å². The Morgan fingerprint density at radius 2 is 2.05 bits per heavy atom. The molecule has 0 saturated carbocycles. The summed E-state index contributed by atoms with van der Waals surface area (Å²) in [5.74, 6) is 0.498. The quantitative estimate of drug-likeness (QED) is 0.788. The monoisotopic (exact) mass is 275 g/mol. The number of ether oxygens (including phenoxy) is 1. The molecule has 2 heterocycles. The van der Waals surface area contributed by atoms with Crippen molar-refractivity contribution in [3.05, 3.63) is 18.1 Å². The number of rotatable bonds is 1. The molecular formula is C12H16F3N3O. The molecule has 0 N–H and O–H groups in total. The van der Waals surface area contributed by atoms with E-state index in [1.165, 1.54) is 6.33 Å². The van der Waals surface area contributed by atoms with Crippen molar-refractivity contribution >= 4 is 5.82 Å². The first-order valence-electron chi connectivity index (χ1n) is 5.95. The minimum Gasteiger partial charge on any atom is -0.359 e. The number of aryl methyl sites for hydroxylation is 1. The van der Waals surface area contributed by atoms with Crippen molar-refractivity contribution in [1.29, 1.82) is 0 Å². The van der Waals surface area contributed by atoms with Gasteiger partial charge in [-0.05, 0) is 20.8 Å². The largest absolute Gasteiger partial charge is 0.416 e. The lowest BCUT2D eigenvalue weighted by Gasteiger charge is -2.43. The molecule has 1 fully saturated rings. The summed E-state index contributed by atoms with van der Waals surface area (Å²) >= 11 is 0. The number of halogens is 3. The topological polar surface area (TPSA) is 38.2 Å². The van der Waals surface area contributed by atoms with Crippen LogP contribution in [0.2, 0.25) is 0 Å². The van der Waals surface area contributed by atoms with Crippen molar-refractivity contribution in [2.45, 2.75) is 38.7 Å². The van der Waals surface area contributed by atoms with E-state index in [1.807, 2.05) is 0 Å². The first kappa shape index (κ1) is 14.0. The van der Waals surface area contributed by atoms with Crippen molar-refractivity contribution in [2.75, 3.05) is 18.0 Å². The van der Waals surface area contributed by atoms with Crippen LogP contribution < -0.4 is 4.90 Å². The zero-order valence-corrected chi connectivity index (χ0v) is 11.0. The van der Waals surface area contributed by atoms with Crippen LogP contribution in [0.3, 0.4) is 0 Å². The van der Waals surface area contributed by atoms with Crippen LogP contribution in [0.15, 0.2) is 12.4 Å². The van der Waals surface area contributed by atoms with E-state index in [2.05, 4.69) is 9.97 Å². The number of hydrogen-bond donors (Lipinski definition) is 0. The molecule has 0 amide bonds. The first-order valence-corrected chi connectivity index (χ1v) is 5.95. The van der Waals surface area contributed by atoms with Crippen LogP contribution in [0, 0.1) is 6.92 Å². The molecule has 0 bridgehead atoms. The summed E-state index contributed by atoms with van der Waals surface area (Å²) in [6.07, 6.45) is -4.82. The zero-order valence-electron chi connectivity index (χ0n) is 11.0. The summed E-state index contributed by atoms with van der Waals surface area (Å²) in [6, 6.07) is 1.68. The molecule has 1 saturated heterocycles. The predicted molar refractivity (Wildman–Crippen MR) is 64.0 cm³/mol. The first-order chi connectivity index (χ1) is 8.67. The average Bonchev–Trinajstić information content (AvgIpc) is 2.25. The number of hydrogen-bond acceptors (Lipinski definition) is 4. The van der Waals surface area contributed by atoms with Gasteiger partial charge in [-0.3, -0.25) is 0 Å². The van der Waals surface area contributed by atoms with Crippen LogP contribution >= 0.6 is 0 Å². The highest BCUT2D eigenvalue weighted by Gasteiger charge is 2.48. The van der Waals surface area contributed by atoms with Crippen molar-refractivity contribution in [3.63, 3.8) is 0 Å². The minimum absolute atomic E-state index is 0.247. The summed E-state index contributed by atoms with van der Waals surface area (Å²) in [5.41, 5.74) is -0.157. The van der Waals surface area contributed by atoms with E-state index < -0.39 is 17.9 Å². The van der Waals surface area contributed by atoms with E-state index >= 15 is 0 Å². The fourth-order valence-corrected chi connectivity index (χ4v) is 2.14. The van der Waals surface area contributed by atoms with Gasteiger partial charge >= 0.3 is 6.18 Å². The van der Waals surface area contributed by atoms with Gasteiger partial charge < -0.3 is 9.64 Å². The highest BCUT2D eigenvalue weighted by atomic mass is 19.4. The zero-order chi connectivity index (χ0) is 14.3. The van der Waals surface area contributed by atoms with Gasteiger partial charge in [0.05, 0.1) is 12.1 Å². The van der Waals surface area contributed by atoms with Crippen LogP contribution in [0.25, 0.3) is 0 Å². The number of alkyl halides is 3. The van der Waals surface area contributed by atoms with E-state index in [4.69, 9.17) is 4.74 Å². The number of anilines is 1. The maximum absolute atomic E-state index is 12.9. The molecule has 0 radical (unpaired) electrons. The third-order valence-corrected chi connectivity index (χ3v) is 2.90. The van der Waals surface area contributed by atoms with Gasteiger partial charge in [-0.1, -0.05) is 0 Å². The molecule has 0 spiro atoms. The molecule has 1 aliphatic heterocycles. The minimum atomic E-state index is -4.38. The fourth-order valence-electron chi connectivity index (χ4n) is 2.14. The normalized spacial score (nSPS) is 23.5. The van der Waals surface area contributed by atoms with Crippen LogP contribution in [-0.2, 0) is 4.74 Å². The number of nitrogens with zero attached hydrogens (tertiary/aromatic N) is 3. The van der Waals surface area contributed by atoms with Gasteiger partial charge in [0, 0.05) is 18.3 Å². The van der Waals surface area contributed by atoms with Crippen molar-refractivity contribution in [2.24, 2.45) is 0 Å². The molecule has 2 rings (SSSR count). The van der Waals surface area contributed by atoms with E-state index in [0.29, 0.717) is 12.4 Å². The molecule has 0 aliphatic carbocycles. The SMILES string of the molecule is Cc1cc(N2CC(C(F)(F)F)OC(C)(C)C2)ncn1. The second kappa shape index (κ2) is 4.63. The molecule has 0 aromatic carbocycles. The number of morpholine rings is 1. The standard InChI is InChI=1S/C12H16F3N3O/c1-8-4-10(17-7-16-8)18-5-9(12(13,14)15)19-11(2,3)6-18/h4,7,9H,5-6H2,1-3H3. The summed E-state index contributed by atoms with van der Waals surface area (Å²) in [7, 11) is 0. The third kappa shape index (κ3) is 3.34. The Kier molecular flexibility index (Phi) is 3.42. The lowest BCUT2D eigenvalue weighted by molar-refractivity contribution is -0.251. The molecule has 1 aromatic heterocycles. The van der Waals surface area contributed by atoms with Crippen molar-refractivity contribution < 1.29 is 17.9 Å².